The number of hydrogen-bond acceptors (Lipinski definition) is 3. The average molecular weight is 276 g/mol. The van der Waals surface area contributed by atoms with E-state index in [1.54, 1.807) is 18.0 Å². The quantitative estimate of drug-likeness (QED) is 0.776. The molecule has 0 heterocycles. The van der Waals surface area contributed by atoms with E-state index in [-0.39, 0.29) is 5.91 Å². The van der Waals surface area contributed by atoms with Crippen LogP contribution in [0.4, 0.5) is 0 Å². The molecule has 0 spiro atoms. The number of carbonyl (C=O) groups is 1. The summed E-state index contributed by atoms with van der Waals surface area (Å²) in [7, 11) is 3.60. The minimum absolute atomic E-state index is 0.0620. The zero-order chi connectivity index (χ0) is 15.2. The zero-order valence-corrected chi connectivity index (χ0v) is 12.8. The number of nitrogens with zero attached hydrogens (tertiary/aromatic N) is 1. The van der Waals surface area contributed by atoms with Crippen molar-refractivity contribution < 1.29 is 9.53 Å². The van der Waals surface area contributed by atoms with Gasteiger partial charge >= 0.3 is 0 Å². The standard InChI is InChI=1S/C16H24N2O2/c1-6-11-20-14-9-7-13(8-10-14)12-18(5)15(19)16(2,3)17-4/h6-10,17H,1,11-12H2,2-5H3. The maximum atomic E-state index is 12.2. The van der Waals surface area contributed by atoms with E-state index in [2.05, 4.69) is 11.9 Å². The SMILES string of the molecule is C=CCOc1ccc(CN(C)C(=O)C(C)(C)NC)cc1. The molecule has 0 bridgehead atoms. The van der Waals surface area contributed by atoms with Gasteiger partial charge in [-0.3, -0.25) is 4.79 Å². The van der Waals surface area contributed by atoms with Gasteiger partial charge in [-0.15, -0.1) is 0 Å². The van der Waals surface area contributed by atoms with Gasteiger partial charge in [-0.2, -0.15) is 0 Å². The lowest BCUT2D eigenvalue weighted by atomic mass is 10.0. The summed E-state index contributed by atoms with van der Waals surface area (Å²) in [4.78, 5) is 14.0. The molecule has 4 heteroatoms. The van der Waals surface area contributed by atoms with Gasteiger partial charge in [0.25, 0.3) is 0 Å². The Morgan fingerprint density at radius 1 is 1.40 bits per heavy atom. The summed E-state index contributed by atoms with van der Waals surface area (Å²) < 4.78 is 5.43. The van der Waals surface area contributed by atoms with E-state index in [4.69, 9.17) is 4.74 Å². The number of carbonyl (C=O) groups excluding carboxylic acids is 1. The predicted molar refractivity (Wildman–Crippen MR) is 81.7 cm³/mol. The smallest absolute Gasteiger partial charge is 0.242 e. The zero-order valence-electron chi connectivity index (χ0n) is 12.8. The van der Waals surface area contributed by atoms with Crippen LogP contribution in [0, 0.1) is 0 Å². The van der Waals surface area contributed by atoms with Gasteiger partial charge in [0.1, 0.15) is 12.4 Å². The van der Waals surface area contributed by atoms with Gasteiger partial charge in [-0.1, -0.05) is 24.8 Å². The van der Waals surface area contributed by atoms with Crippen molar-refractivity contribution in [3.63, 3.8) is 0 Å². The fraction of sp³-hybridized carbons (Fsp3) is 0.438. The lowest BCUT2D eigenvalue weighted by molar-refractivity contribution is -0.136. The highest BCUT2D eigenvalue weighted by Crippen LogP contribution is 2.15. The van der Waals surface area contributed by atoms with E-state index < -0.39 is 5.54 Å². The molecule has 1 amide bonds. The Morgan fingerprint density at radius 3 is 2.50 bits per heavy atom. The van der Waals surface area contributed by atoms with E-state index in [9.17, 15) is 4.79 Å². The van der Waals surface area contributed by atoms with Crippen molar-refractivity contribution in [2.75, 3.05) is 20.7 Å². The fourth-order valence-electron chi connectivity index (χ4n) is 1.78. The highest BCUT2D eigenvalue weighted by molar-refractivity contribution is 5.85. The van der Waals surface area contributed by atoms with Crippen LogP contribution in [0.3, 0.4) is 0 Å². The molecule has 1 aromatic carbocycles. The lowest BCUT2D eigenvalue weighted by Crippen LogP contribution is -2.51. The molecule has 0 aliphatic heterocycles. The molecular formula is C16H24N2O2. The number of amides is 1. The summed E-state index contributed by atoms with van der Waals surface area (Å²) in [5, 5.41) is 3.02. The number of ether oxygens (including phenoxy) is 1. The molecule has 0 aliphatic carbocycles. The molecule has 0 aromatic heterocycles. The first kappa shape index (κ1) is 16.2. The van der Waals surface area contributed by atoms with Gasteiger partial charge in [-0.25, -0.2) is 0 Å². The predicted octanol–water partition coefficient (Wildman–Crippen LogP) is 2.21. The Morgan fingerprint density at radius 2 is 2.00 bits per heavy atom. The van der Waals surface area contributed by atoms with Crippen LogP contribution in [0.1, 0.15) is 19.4 Å². The first-order chi connectivity index (χ1) is 9.40. The summed E-state index contributed by atoms with van der Waals surface area (Å²) in [6, 6.07) is 7.74. The van der Waals surface area contributed by atoms with Gasteiger partial charge in [0.05, 0.1) is 5.54 Å². The van der Waals surface area contributed by atoms with Crippen molar-refractivity contribution >= 4 is 5.91 Å². The van der Waals surface area contributed by atoms with Crippen molar-refractivity contribution in [1.82, 2.24) is 10.2 Å². The topological polar surface area (TPSA) is 41.6 Å². The minimum atomic E-state index is -0.554. The van der Waals surface area contributed by atoms with Gasteiger partial charge in [-0.05, 0) is 38.6 Å². The third-order valence-electron chi connectivity index (χ3n) is 3.22. The Kier molecular flexibility index (Phi) is 5.77. The maximum absolute atomic E-state index is 12.2. The largest absolute Gasteiger partial charge is 0.490 e. The van der Waals surface area contributed by atoms with Gasteiger partial charge in [0, 0.05) is 13.6 Å². The van der Waals surface area contributed by atoms with Crippen LogP contribution in [0.15, 0.2) is 36.9 Å². The first-order valence-electron chi connectivity index (χ1n) is 6.68. The van der Waals surface area contributed by atoms with Crippen LogP contribution >= 0.6 is 0 Å². The molecule has 0 atom stereocenters. The molecule has 110 valence electrons. The molecule has 0 aliphatic rings. The van der Waals surface area contributed by atoms with Gasteiger partial charge in [0.2, 0.25) is 5.91 Å². The number of benzene rings is 1. The van der Waals surface area contributed by atoms with Gasteiger partial charge in [0.15, 0.2) is 0 Å². The summed E-state index contributed by atoms with van der Waals surface area (Å²) in [6.07, 6.45) is 1.71. The molecular weight excluding hydrogens is 252 g/mol. The van der Waals surface area contributed by atoms with E-state index in [0.717, 1.165) is 11.3 Å². The number of hydrogen-bond donors (Lipinski definition) is 1. The van der Waals surface area contributed by atoms with E-state index in [1.165, 1.54) is 0 Å². The second-order valence-electron chi connectivity index (χ2n) is 5.28. The highest BCUT2D eigenvalue weighted by Gasteiger charge is 2.28. The van der Waals surface area contributed by atoms with E-state index in [1.807, 2.05) is 45.2 Å². The summed E-state index contributed by atoms with van der Waals surface area (Å²) in [6.45, 7) is 8.42. The van der Waals surface area contributed by atoms with Crippen molar-refractivity contribution in [2.24, 2.45) is 0 Å². The molecule has 4 nitrogen and oxygen atoms in total. The molecule has 1 rings (SSSR count). The second-order valence-corrected chi connectivity index (χ2v) is 5.28. The van der Waals surface area contributed by atoms with Crippen molar-refractivity contribution in [1.29, 1.82) is 0 Å². The second kappa shape index (κ2) is 7.10. The number of rotatable bonds is 7. The molecule has 0 saturated carbocycles. The molecule has 0 radical (unpaired) electrons. The Labute approximate surface area is 121 Å². The van der Waals surface area contributed by atoms with Crippen LogP contribution in [0.25, 0.3) is 0 Å². The van der Waals surface area contributed by atoms with Crippen LogP contribution in [-0.2, 0) is 11.3 Å². The molecule has 0 fully saturated rings. The normalized spacial score (nSPS) is 11.0. The fourth-order valence-corrected chi connectivity index (χ4v) is 1.78. The van der Waals surface area contributed by atoms with Crippen LogP contribution in [-0.4, -0.2) is 37.0 Å². The van der Waals surface area contributed by atoms with E-state index in [0.29, 0.717) is 13.2 Å². The monoisotopic (exact) mass is 276 g/mol. The first-order valence-corrected chi connectivity index (χ1v) is 6.68. The molecule has 1 N–H and O–H groups in total. The molecule has 20 heavy (non-hydrogen) atoms. The molecule has 0 unspecified atom stereocenters. The van der Waals surface area contributed by atoms with Crippen molar-refractivity contribution in [2.45, 2.75) is 25.9 Å². The van der Waals surface area contributed by atoms with E-state index >= 15 is 0 Å². The maximum Gasteiger partial charge on any atom is 0.242 e. The van der Waals surface area contributed by atoms with Gasteiger partial charge < -0.3 is 15.0 Å². The summed E-state index contributed by atoms with van der Waals surface area (Å²) in [5.74, 6) is 0.866. The van der Waals surface area contributed by atoms with Crippen molar-refractivity contribution in [3.8, 4) is 5.75 Å². The van der Waals surface area contributed by atoms with Crippen molar-refractivity contribution in [3.05, 3.63) is 42.5 Å². The third-order valence-corrected chi connectivity index (χ3v) is 3.22. The van der Waals surface area contributed by atoms with Crippen LogP contribution in [0.5, 0.6) is 5.75 Å². The highest BCUT2D eigenvalue weighted by atomic mass is 16.5. The van der Waals surface area contributed by atoms with Crippen LogP contribution in [0.2, 0.25) is 0 Å². The molecule has 0 saturated heterocycles. The molecule has 1 aromatic rings. The third kappa shape index (κ3) is 4.38. The summed E-state index contributed by atoms with van der Waals surface area (Å²) in [5.41, 5.74) is 0.514. The summed E-state index contributed by atoms with van der Waals surface area (Å²) >= 11 is 0. The lowest BCUT2D eigenvalue weighted by Gasteiger charge is -2.29. The average Bonchev–Trinajstić information content (AvgIpc) is 2.45. The van der Waals surface area contributed by atoms with Crippen LogP contribution < -0.4 is 10.1 Å². The number of likely N-dealkylation sites (N-methyl/N-ethyl adjacent to an activating group) is 2. The number of nitrogens with one attached hydrogen (secondary N) is 1. The Bertz CT molecular complexity index is 452. The Balaban J connectivity index is 2.64. The minimum Gasteiger partial charge on any atom is -0.490 e. The Hall–Kier alpha value is -1.81.